The molecule has 0 spiro atoms. The summed E-state index contributed by atoms with van der Waals surface area (Å²) in [4.78, 5) is 0. The average Bonchev–Trinajstić information content (AvgIpc) is 3.19. The Morgan fingerprint density at radius 2 is 1.32 bits per heavy atom. The molecule has 6 atom stereocenters. The van der Waals surface area contributed by atoms with Gasteiger partial charge in [-0.1, -0.05) is 34.6 Å². The zero-order valence-corrected chi connectivity index (χ0v) is 16.6. The number of aliphatic hydroxyl groups excluding tert-OH is 3. The Morgan fingerprint density at radius 1 is 0.840 bits per heavy atom. The van der Waals surface area contributed by atoms with Crippen LogP contribution in [0.15, 0.2) is 0 Å². The lowest BCUT2D eigenvalue weighted by molar-refractivity contribution is -0.0309. The average molecular weight is 365 g/mol. The molecule has 2 saturated heterocycles. The number of hydrogen-bond donors (Lipinski definition) is 5. The van der Waals surface area contributed by atoms with Gasteiger partial charge in [0.15, 0.2) is 0 Å². The van der Waals surface area contributed by atoms with Crippen LogP contribution in [-0.2, 0) is 9.47 Å². The van der Waals surface area contributed by atoms with Crippen molar-refractivity contribution in [2.24, 2.45) is 5.92 Å². The minimum Gasteiger partial charge on any atom is -0.394 e. The van der Waals surface area contributed by atoms with Gasteiger partial charge in [-0.15, -0.1) is 0 Å². The van der Waals surface area contributed by atoms with Crippen molar-refractivity contribution in [1.29, 1.82) is 0 Å². The maximum absolute atomic E-state index is 9.60. The van der Waals surface area contributed by atoms with E-state index in [-0.39, 0.29) is 31.8 Å². The maximum atomic E-state index is 9.60. The van der Waals surface area contributed by atoms with Crippen LogP contribution in [0.25, 0.3) is 0 Å². The Hall–Kier alpha value is -0.280. The van der Waals surface area contributed by atoms with Crippen LogP contribution in [0.4, 0.5) is 0 Å². The van der Waals surface area contributed by atoms with Crippen LogP contribution in [0, 0.1) is 5.92 Å². The third-order valence-corrected chi connectivity index (χ3v) is 4.24. The summed E-state index contributed by atoms with van der Waals surface area (Å²) < 4.78 is 11.1. The fraction of sp³-hybridized carbons (Fsp3) is 1.00. The molecule has 152 valence electrons. The molecular formula is C18H40N2O5. The third-order valence-electron chi connectivity index (χ3n) is 4.24. The lowest BCUT2D eigenvalue weighted by atomic mass is 10.0. The summed E-state index contributed by atoms with van der Waals surface area (Å²) in [5.41, 5.74) is 0. The van der Waals surface area contributed by atoms with E-state index in [1.54, 1.807) is 0 Å². The van der Waals surface area contributed by atoms with E-state index >= 15 is 0 Å². The van der Waals surface area contributed by atoms with E-state index in [4.69, 9.17) is 19.7 Å². The summed E-state index contributed by atoms with van der Waals surface area (Å²) in [7, 11) is 0. The summed E-state index contributed by atoms with van der Waals surface area (Å²) in [6, 6.07) is 0. The second-order valence-electron chi connectivity index (χ2n) is 5.97. The van der Waals surface area contributed by atoms with E-state index in [9.17, 15) is 5.11 Å². The molecule has 2 aliphatic rings. The van der Waals surface area contributed by atoms with E-state index in [0.717, 1.165) is 25.9 Å². The monoisotopic (exact) mass is 364 g/mol. The lowest BCUT2D eigenvalue weighted by Gasteiger charge is -2.16. The smallest absolute Gasteiger partial charge is 0.111 e. The van der Waals surface area contributed by atoms with Gasteiger partial charge in [-0.25, -0.2) is 0 Å². The van der Waals surface area contributed by atoms with E-state index in [1.165, 1.54) is 0 Å². The molecule has 2 rings (SSSR count). The first-order valence-electron chi connectivity index (χ1n) is 9.81. The number of hydrogen-bond acceptors (Lipinski definition) is 7. The normalized spacial score (nSPS) is 34.1. The van der Waals surface area contributed by atoms with E-state index in [2.05, 4.69) is 17.6 Å². The van der Waals surface area contributed by atoms with Crippen molar-refractivity contribution in [3.8, 4) is 0 Å². The highest BCUT2D eigenvalue weighted by atomic mass is 16.5. The van der Waals surface area contributed by atoms with Crippen molar-refractivity contribution in [3.05, 3.63) is 0 Å². The molecule has 5 N–H and O–H groups in total. The zero-order valence-electron chi connectivity index (χ0n) is 16.6. The molecule has 0 aromatic rings. The molecule has 0 amide bonds. The number of aliphatic hydroxyl groups is 3. The summed E-state index contributed by atoms with van der Waals surface area (Å²) in [5, 5.41) is 34.3. The minimum atomic E-state index is -0.589. The molecule has 0 aromatic heterocycles. The molecule has 25 heavy (non-hydrogen) atoms. The van der Waals surface area contributed by atoms with E-state index < -0.39 is 12.2 Å². The first-order chi connectivity index (χ1) is 12.1. The standard InChI is InChI=1S/C14H28N2O5.2C2H6/c1-9-5-13(20-11(9)7-17)15-3-2-4-16-14-6-10(19)12(8-18)21-14;2*1-2/h9-19H,2-8H2,1H3;2*1-2H3. The Kier molecular flexibility index (Phi) is 14.7. The van der Waals surface area contributed by atoms with Gasteiger partial charge in [0.25, 0.3) is 0 Å². The SMILES string of the molecule is CC.CC.CC1CC(NCCCNC2CC(O)C(CO)O2)OC1CO. The van der Waals surface area contributed by atoms with Crippen LogP contribution in [0.5, 0.6) is 0 Å². The van der Waals surface area contributed by atoms with Crippen molar-refractivity contribution in [2.45, 2.75) is 84.6 Å². The second-order valence-corrected chi connectivity index (χ2v) is 5.97. The minimum absolute atomic E-state index is 0.0282. The molecule has 0 saturated carbocycles. The highest BCUT2D eigenvalue weighted by molar-refractivity contribution is 4.81. The quantitative estimate of drug-likeness (QED) is 0.406. The van der Waals surface area contributed by atoms with Crippen LogP contribution < -0.4 is 10.6 Å². The van der Waals surface area contributed by atoms with E-state index in [1.807, 2.05) is 27.7 Å². The van der Waals surface area contributed by atoms with Crippen molar-refractivity contribution < 1.29 is 24.8 Å². The first kappa shape index (κ1) is 24.7. The van der Waals surface area contributed by atoms with Crippen molar-refractivity contribution in [2.75, 3.05) is 26.3 Å². The van der Waals surface area contributed by atoms with Gasteiger partial charge < -0.3 is 24.8 Å². The molecule has 7 nitrogen and oxygen atoms in total. The molecule has 2 fully saturated rings. The van der Waals surface area contributed by atoms with Gasteiger partial charge in [0.05, 0.1) is 25.4 Å². The zero-order chi connectivity index (χ0) is 19.2. The Balaban J connectivity index is 0.00000134. The molecule has 0 bridgehead atoms. The van der Waals surface area contributed by atoms with Crippen molar-refractivity contribution >= 4 is 0 Å². The molecule has 0 aliphatic carbocycles. The van der Waals surface area contributed by atoms with Crippen LogP contribution in [-0.4, -0.2) is 72.4 Å². The van der Waals surface area contributed by atoms with Gasteiger partial charge >= 0.3 is 0 Å². The van der Waals surface area contributed by atoms with Crippen LogP contribution in [0.2, 0.25) is 0 Å². The van der Waals surface area contributed by atoms with Gasteiger partial charge in [-0.05, 0) is 31.8 Å². The Bertz CT molecular complexity index is 281. The number of ether oxygens (including phenoxy) is 2. The van der Waals surface area contributed by atoms with Crippen LogP contribution >= 0.6 is 0 Å². The highest BCUT2D eigenvalue weighted by Gasteiger charge is 2.33. The van der Waals surface area contributed by atoms with Gasteiger partial charge in [0.1, 0.15) is 18.6 Å². The summed E-state index contributed by atoms with van der Waals surface area (Å²) >= 11 is 0. The molecule has 2 heterocycles. The maximum Gasteiger partial charge on any atom is 0.111 e. The number of nitrogens with one attached hydrogen (secondary N) is 2. The van der Waals surface area contributed by atoms with Crippen LogP contribution in [0.1, 0.15) is 53.9 Å². The largest absolute Gasteiger partial charge is 0.394 e. The van der Waals surface area contributed by atoms with Crippen molar-refractivity contribution in [3.63, 3.8) is 0 Å². The van der Waals surface area contributed by atoms with Gasteiger partial charge in [0, 0.05) is 6.42 Å². The summed E-state index contributed by atoms with van der Waals surface area (Å²) in [6.07, 6.45) is 1.09. The van der Waals surface area contributed by atoms with Crippen LogP contribution in [0.3, 0.4) is 0 Å². The summed E-state index contributed by atoms with van der Waals surface area (Å²) in [6.45, 7) is 11.6. The predicted octanol–water partition coefficient (Wildman–Crippen LogP) is 0.820. The predicted molar refractivity (Wildman–Crippen MR) is 99.2 cm³/mol. The summed E-state index contributed by atoms with van der Waals surface area (Å²) in [5.74, 6) is 0.384. The van der Waals surface area contributed by atoms with Gasteiger partial charge in [0.2, 0.25) is 0 Å². The molecule has 6 unspecified atom stereocenters. The molecule has 7 heteroatoms. The molecular weight excluding hydrogens is 324 g/mol. The highest BCUT2D eigenvalue weighted by Crippen LogP contribution is 2.24. The fourth-order valence-corrected chi connectivity index (χ4v) is 2.88. The van der Waals surface area contributed by atoms with Gasteiger partial charge in [-0.3, -0.25) is 10.6 Å². The Labute approximate surface area is 153 Å². The lowest BCUT2D eigenvalue weighted by Crippen LogP contribution is -2.34. The third kappa shape index (κ3) is 8.77. The fourth-order valence-electron chi connectivity index (χ4n) is 2.88. The van der Waals surface area contributed by atoms with Gasteiger partial charge in [-0.2, -0.15) is 0 Å². The molecule has 2 aliphatic heterocycles. The first-order valence-corrected chi connectivity index (χ1v) is 9.81. The van der Waals surface area contributed by atoms with E-state index in [0.29, 0.717) is 12.3 Å². The second kappa shape index (κ2) is 14.8. The van der Waals surface area contributed by atoms with Crippen molar-refractivity contribution in [1.82, 2.24) is 10.6 Å². The topological polar surface area (TPSA) is 103 Å². The molecule has 0 radical (unpaired) electrons. The molecule has 0 aromatic carbocycles. The number of rotatable bonds is 8. The Morgan fingerprint density at radius 3 is 1.76 bits per heavy atom.